The maximum atomic E-state index is 10.6. The highest BCUT2D eigenvalue weighted by Crippen LogP contribution is 2.29. The molecule has 0 saturated heterocycles. The smallest absolute Gasteiger partial charge is 0.211 e. The molecule has 5 nitrogen and oxygen atoms in total. The van der Waals surface area contributed by atoms with Gasteiger partial charge in [-0.2, -0.15) is 0 Å². The monoisotopic (exact) mass is 323 g/mol. The predicted octanol–water partition coefficient (Wildman–Crippen LogP) is 2.23. The van der Waals surface area contributed by atoms with Gasteiger partial charge in [0.2, 0.25) is 6.41 Å². The van der Waals surface area contributed by atoms with Crippen molar-refractivity contribution in [3.63, 3.8) is 0 Å². The average molecular weight is 323 g/mol. The molecule has 3 rings (SSSR count). The molecule has 1 heterocycles. The van der Waals surface area contributed by atoms with Gasteiger partial charge in [-0.15, -0.1) is 0 Å². The second kappa shape index (κ2) is 7.29. The third kappa shape index (κ3) is 3.32. The number of aliphatic hydroxyl groups is 1. The van der Waals surface area contributed by atoms with Crippen molar-refractivity contribution in [3.8, 4) is 0 Å². The third-order valence-electron chi connectivity index (χ3n) is 4.34. The van der Waals surface area contributed by atoms with E-state index in [4.69, 9.17) is 10.8 Å². The summed E-state index contributed by atoms with van der Waals surface area (Å²) in [7, 11) is 0. The van der Waals surface area contributed by atoms with Gasteiger partial charge in [-0.25, -0.2) is 0 Å². The molecule has 0 unspecified atom stereocenters. The number of carbonyl (C=O) groups excluding carboxylic acids is 1. The molecule has 2 aromatic rings. The Labute approximate surface area is 141 Å². The average Bonchev–Trinajstić information content (AvgIpc) is 2.63. The molecule has 4 N–H and O–H groups in total. The van der Waals surface area contributed by atoms with E-state index in [1.165, 1.54) is 5.56 Å². The van der Waals surface area contributed by atoms with Gasteiger partial charge in [-0.3, -0.25) is 4.79 Å². The van der Waals surface area contributed by atoms with E-state index in [0.29, 0.717) is 13.0 Å². The van der Waals surface area contributed by atoms with Crippen LogP contribution in [-0.2, 0) is 17.9 Å². The molecule has 0 aromatic heterocycles. The van der Waals surface area contributed by atoms with Gasteiger partial charge in [0.25, 0.3) is 0 Å². The largest absolute Gasteiger partial charge is 0.392 e. The highest BCUT2D eigenvalue weighted by molar-refractivity contribution is 5.73. The Bertz CT molecular complexity index is 741. The summed E-state index contributed by atoms with van der Waals surface area (Å²) >= 11 is 0. The van der Waals surface area contributed by atoms with Crippen LogP contribution in [0.1, 0.15) is 28.3 Å². The van der Waals surface area contributed by atoms with Gasteiger partial charge in [0.15, 0.2) is 0 Å². The lowest BCUT2D eigenvalue weighted by Gasteiger charge is -2.33. The molecule has 0 spiro atoms. The summed E-state index contributed by atoms with van der Waals surface area (Å²) in [6, 6.07) is 13.9. The normalized spacial score (nSPS) is 14.2. The number of amides is 1. The fourth-order valence-corrected chi connectivity index (χ4v) is 3.00. The van der Waals surface area contributed by atoms with Gasteiger partial charge in [-0.05, 0) is 40.5 Å². The van der Waals surface area contributed by atoms with Crippen molar-refractivity contribution >= 4 is 18.2 Å². The minimum atomic E-state index is 0.0434. The van der Waals surface area contributed by atoms with E-state index < -0.39 is 0 Å². The Hall–Kier alpha value is -2.63. The summed E-state index contributed by atoms with van der Waals surface area (Å²) in [5, 5.41) is 11.8. The minimum Gasteiger partial charge on any atom is -0.392 e. The predicted molar refractivity (Wildman–Crippen MR) is 94.9 cm³/mol. The second-order valence-corrected chi connectivity index (χ2v) is 5.82. The van der Waals surface area contributed by atoms with Crippen molar-refractivity contribution in [1.82, 2.24) is 4.90 Å². The zero-order valence-corrected chi connectivity index (χ0v) is 13.4. The van der Waals surface area contributed by atoms with Gasteiger partial charge in [0.05, 0.1) is 12.6 Å². The lowest BCUT2D eigenvalue weighted by atomic mass is 9.99. The Kier molecular flexibility index (Phi) is 4.93. The molecule has 1 atom stereocenters. The summed E-state index contributed by atoms with van der Waals surface area (Å²) in [6.45, 7) is 1.31. The van der Waals surface area contributed by atoms with Crippen LogP contribution in [0.3, 0.4) is 0 Å². The van der Waals surface area contributed by atoms with Gasteiger partial charge in [0.1, 0.15) is 0 Å². The Morgan fingerprint density at radius 3 is 2.71 bits per heavy atom. The third-order valence-corrected chi connectivity index (χ3v) is 4.34. The zero-order chi connectivity index (χ0) is 16.9. The molecule has 0 bridgehead atoms. The molecule has 1 amide bonds. The fraction of sp³-hybridized carbons (Fsp3) is 0.211. The number of hydrogen-bond donors (Lipinski definition) is 3. The Morgan fingerprint density at radius 1 is 1.25 bits per heavy atom. The van der Waals surface area contributed by atoms with Crippen molar-refractivity contribution in [2.75, 3.05) is 11.9 Å². The number of fused-ring (bicyclic) bond motifs is 1. The maximum absolute atomic E-state index is 10.6. The van der Waals surface area contributed by atoms with E-state index >= 15 is 0 Å². The lowest BCUT2D eigenvalue weighted by molar-refractivity contribution is -0.105. The van der Waals surface area contributed by atoms with E-state index in [-0.39, 0.29) is 12.6 Å². The molecular weight excluding hydrogens is 302 g/mol. The molecule has 0 aliphatic carbocycles. The molecule has 124 valence electrons. The summed E-state index contributed by atoms with van der Waals surface area (Å²) in [6.07, 6.45) is 4.77. The Balaban J connectivity index is 1.81. The molecular formula is C19H21N3O2. The first-order chi connectivity index (χ1) is 11.7. The number of nitrogens with two attached hydrogens (primary N) is 1. The molecule has 1 aliphatic rings. The quantitative estimate of drug-likeness (QED) is 0.712. The van der Waals surface area contributed by atoms with Crippen LogP contribution in [0.2, 0.25) is 0 Å². The summed E-state index contributed by atoms with van der Waals surface area (Å²) in [5.41, 5.74) is 11.1. The van der Waals surface area contributed by atoms with Gasteiger partial charge in [0, 0.05) is 25.0 Å². The SMILES string of the molecule is NC[C@H](c1ccc(CO)cc1)N1C=Cc2cc(NC=O)ccc2C1. The first-order valence-electron chi connectivity index (χ1n) is 7.92. The van der Waals surface area contributed by atoms with Gasteiger partial charge < -0.3 is 21.1 Å². The van der Waals surface area contributed by atoms with Crippen LogP contribution < -0.4 is 11.1 Å². The molecule has 2 aromatic carbocycles. The van der Waals surface area contributed by atoms with Crippen LogP contribution in [0.5, 0.6) is 0 Å². The van der Waals surface area contributed by atoms with Crippen molar-refractivity contribution in [3.05, 3.63) is 70.9 Å². The van der Waals surface area contributed by atoms with Crippen LogP contribution in [0.15, 0.2) is 48.7 Å². The van der Waals surface area contributed by atoms with Crippen LogP contribution >= 0.6 is 0 Å². The number of rotatable bonds is 6. The number of aliphatic hydroxyl groups excluding tert-OH is 1. The van der Waals surface area contributed by atoms with Crippen molar-refractivity contribution in [1.29, 1.82) is 0 Å². The standard InChI is InChI=1S/C19H21N3O2/c20-10-19(15-3-1-14(12-23)2-4-15)22-8-7-16-9-18(21-13-24)6-5-17(16)11-22/h1-9,13,19,23H,10-12,20H2,(H,21,24)/t19-/m1/s1. The number of hydrogen-bond acceptors (Lipinski definition) is 4. The molecule has 0 saturated carbocycles. The molecule has 5 heteroatoms. The summed E-state index contributed by atoms with van der Waals surface area (Å²) in [4.78, 5) is 12.8. The molecule has 24 heavy (non-hydrogen) atoms. The second-order valence-electron chi connectivity index (χ2n) is 5.82. The lowest BCUT2D eigenvalue weighted by Crippen LogP contribution is -2.31. The molecule has 1 aliphatic heterocycles. The number of benzene rings is 2. The first-order valence-corrected chi connectivity index (χ1v) is 7.92. The van der Waals surface area contributed by atoms with Crippen molar-refractivity contribution in [2.45, 2.75) is 19.2 Å². The molecule has 0 fully saturated rings. The maximum Gasteiger partial charge on any atom is 0.211 e. The number of nitrogens with zero attached hydrogens (tertiary/aromatic N) is 1. The van der Waals surface area contributed by atoms with Crippen molar-refractivity contribution in [2.24, 2.45) is 5.73 Å². The van der Waals surface area contributed by atoms with Crippen molar-refractivity contribution < 1.29 is 9.90 Å². The highest BCUT2D eigenvalue weighted by Gasteiger charge is 2.20. The molecule has 0 radical (unpaired) electrons. The number of nitrogens with one attached hydrogen (secondary N) is 1. The van der Waals surface area contributed by atoms with E-state index in [9.17, 15) is 4.79 Å². The van der Waals surface area contributed by atoms with Crippen LogP contribution in [-0.4, -0.2) is 23.0 Å². The fourth-order valence-electron chi connectivity index (χ4n) is 3.00. The van der Waals surface area contributed by atoms with E-state index in [2.05, 4.69) is 10.2 Å². The van der Waals surface area contributed by atoms with E-state index in [1.54, 1.807) is 0 Å². The van der Waals surface area contributed by atoms with E-state index in [1.807, 2.05) is 54.7 Å². The zero-order valence-electron chi connectivity index (χ0n) is 13.4. The topological polar surface area (TPSA) is 78.6 Å². The van der Waals surface area contributed by atoms with Crippen LogP contribution in [0.25, 0.3) is 6.08 Å². The highest BCUT2D eigenvalue weighted by atomic mass is 16.3. The summed E-state index contributed by atoms with van der Waals surface area (Å²) < 4.78 is 0. The number of carbonyl (C=O) groups is 1. The number of anilines is 1. The van der Waals surface area contributed by atoms with Crippen LogP contribution in [0, 0.1) is 0 Å². The first kappa shape index (κ1) is 16.2. The van der Waals surface area contributed by atoms with E-state index in [0.717, 1.165) is 28.9 Å². The van der Waals surface area contributed by atoms with Gasteiger partial charge in [-0.1, -0.05) is 30.3 Å². The van der Waals surface area contributed by atoms with Gasteiger partial charge >= 0.3 is 0 Å². The minimum absolute atomic E-state index is 0.0434. The van der Waals surface area contributed by atoms with Crippen LogP contribution in [0.4, 0.5) is 5.69 Å². The summed E-state index contributed by atoms with van der Waals surface area (Å²) in [5.74, 6) is 0. The Morgan fingerprint density at radius 2 is 2.04 bits per heavy atom.